The molecule has 3 N–H and O–H groups in total. The molecule has 0 aliphatic rings. The van der Waals surface area contributed by atoms with Gasteiger partial charge in [-0.15, -0.1) is 0 Å². The number of hydrogen-bond donors (Lipinski definition) is 3. The van der Waals surface area contributed by atoms with Crippen molar-refractivity contribution in [3.05, 3.63) is 120 Å². The molecular weight excluding hydrogens is 604 g/mol. The van der Waals surface area contributed by atoms with Crippen molar-refractivity contribution in [1.29, 1.82) is 0 Å². The van der Waals surface area contributed by atoms with Gasteiger partial charge in [-0.2, -0.15) is 5.10 Å². The number of amides is 2. The smallest absolute Gasteiger partial charge is 0.324 e. The lowest BCUT2D eigenvalue weighted by atomic mass is 9.92. The molecule has 0 bridgehead atoms. The van der Waals surface area contributed by atoms with E-state index in [2.05, 4.69) is 51.7 Å². The molecule has 3 aromatic heterocycles. The van der Waals surface area contributed by atoms with Gasteiger partial charge in [0.2, 0.25) is 0 Å². The number of anilines is 4. The van der Waals surface area contributed by atoms with Crippen LogP contribution in [0.3, 0.4) is 0 Å². The van der Waals surface area contributed by atoms with Crippen LogP contribution in [0.1, 0.15) is 43.3 Å². The Hall–Kier alpha value is -5.81. The first kappa shape index (κ1) is 32.1. The van der Waals surface area contributed by atoms with Crippen LogP contribution in [0.15, 0.2) is 97.5 Å². The van der Waals surface area contributed by atoms with E-state index in [1.807, 2.05) is 85.8 Å². The zero-order valence-electron chi connectivity index (χ0n) is 27.6. The van der Waals surface area contributed by atoms with Crippen LogP contribution in [-0.2, 0) is 23.4 Å². The van der Waals surface area contributed by atoms with Crippen LogP contribution in [-0.4, -0.2) is 37.9 Å². The summed E-state index contributed by atoms with van der Waals surface area (Å²) in [7, 11) is 1.62. The van der Waals surface area contributed by atoms with E-state index in [-0.39, 0.29) is 11.4 Å². The normalized spacial score (nSPS) is 11.4. The molecule has 3 heterocycles. The second-order valence-corrected chi connectivity index (χ2v) is 12.4. The van der Waals surface area contributed by atoms with Crippen molar-refractivity contribution in [2.75, 3.05) is 23.1 Å². The molecule has 0 radical (unpaired) electrons. The molecular formula is C37H38N8O3. The minimum Gasteiger partial charge on any atom is -0.488 e. The lowest BCUT2D eigenvalue weighted by Gasteiger charge is -2.15. The van der Waals surface area contributed by atoms with Crippen LogP contribution in [0.4, 0.5) is 27.9 Å². The average molecular weight is 643 g/mol. The van der Waals surface area contributed by atoms with Gasteiger partial charge in [0.05, 0.1) is 41.8 Å². The lowest BCUT2D eigenvalue weighted by Crippen LogP contribution is -2.21. The molecule has 0 fully saturated rings. The summed E-state index contributed by atoms with van der Waals surface area (Å²) >= 11 is 0. The number of ether oxygens (including phenoxy) is 2. The van der Waals surface area contributed by atoms with Crippen LogP contribution in [0.5, 0.6) is 5.75 Å². The van der Waals surface area contributed by atoms with E-state index in [1.165, 1.54) is 0 Å². The van der Waals surface area contributed by atoms with Crippen molar-refractivity contribution in [3.63, 3.8) is 0 Å². The number of rotatable bonds is 10. The highest BCUT2D eigenvalue weighted by molar-refractivity contribution is 6.07. The van der Waals surface area contributed by atoms with Gasteiger partial charge in [-0.3, -0.25) is 10.3 Å². The Kier molecular flexibility index (Phi) is 9.31. The monoisotopic (exact) mass is 642 g/mol. The number of nitrogens with one attached hydrogen (secondary N) is 3. The lowest BCUT2D eigenvalue weighted by molar-refractivity contribution is 0.181. The second kappa shape index (κ2) is 13.9. The molecule has 0 spiro atoms. The summed E-state index contributed by atoms with van der Waals surface area (Å²) in [5.41, 5.74) is 4.96. The molecule has 6 aromatic rings. The molecule has 0 saturated carbocycles. The molecule has 11 nitrogen and oxygen atoms in total. The fourth-order valence-corrected chi connectivity index (χ4v) is 5.14. The van der Waals surface area contributed by atoms with Crippen LogP contribution >= 0.6 is 0 Å². The van der Waals surface area contributed by atoms with Crippen LogP contribution in [0.2, 0.25) is 0 Å². The first-order valence-electron chi connectivity index (χ1n) is 15.6. The minimum absolute atomic E-state index is 0.201. The summed E-state index contributed by atoms with van der Waals surface area (Å²) in [6.07, 6.45) is 5.02. The van der Waals surface area contributed by atoms with Gasteiger partial charge < -0.3 is 20.1 Å². The van der Waals surface area contributed by atoms with E-state index in [9.17, 15) is 4.79 Å². The van der Waals surface area contributed by atoms with Crippen molar-refractivity contribution in [2.24, 2.45) is 0 Å². The van der Waals surface area contributed by atoms with Gasteiger partial charge in [-0.1, -0.05) is 57.2 Å². The number of benzene rings is 3. The summed E-state index contributed by atoms with van der Waals surface area (Å²) in [6, 6.07) is 24.9. The molecule has 0 atom stereocenters. The van der Waals surface area contributed by atoms with Crippen molar-refractivity contribution >= 4 is 39.9 Å². The number of carbonyl (C=O) groups excluding carboxylic acids is 1. The molecule has 0 aliphatic heterocycles. The largest absolute Gasteiger partial charge is 0.488 e. The maximum absolute atomic E-state index is 13.4. The third-order valence-corrected chi connectivity index (χ3v) is 7.57. The Morgan fingerprint density at radius 2 is 1.67 bits per heavy atom. The van der Waals surface area contributed by atoms with Gasteiger partial charge in [-0.25, -0.2) is 19.4 Å². The molecule has 2 amide bonds. The summed E-state index contributed by atoms with van der Waals surface area (Å²) in [6.45, 7) is 9.03. The number of aromatic nitrogens is 5. The highest BCUT2D eigenvalue weighted by Gasteiger charge is 2.22. The first-order valence-corrected chi connectivity index (χ1v) is 15.6. The number of urea groups is 1. The van der Waals surface area contributed by atoms with Gasteiger partial charge >= 0.3 is 6.03 Å². The topological polar surface area (TPSA) is 128 Å². The predicted octanol–water partition coefficient (Wildman–Crippen LogP) is 7.93. The summed E-state index contributed by atoms with van der Waals surface area (Å²) in [5.74, 6) is 2.47. The van der Waals surface area contributed by atoms with E-state index < -0.39 is 0 Å². The van der Waals surface area contributed by atoms with Crippen molar-refractivity contribution in [3.8, 4) is 11.4 Å². The SMILES string of the molecule is COCc1cnc(Nc2cc(COc3ccc(NC(=O)Nc4cc(C(C)(C)C)nn4-c4cccc(C)c4)c4ccccc34)ccn2)cn1. The zero-order valence-corrected chi connectivity index (χ0v) is 27.6. The number of methoxy groups -OCH3 is 1. The molecule has 244 valence electrons. The standard InChI is InChI=1S/C37H38N8O3/c1-24-9-8-10-27(17-24)45-35(19-32(44-45)37(2,3)4)43-36(46)41-30-13-14-31(29-12-7-6-11-28(29)30)48-22-25-15-16-38-33(18-25)42-34-21-39-26(20-40-34)23-47-5/h6-21H,22-23H2,1-5H3,(H,38,40,42)(H2,41,43,46). The third-order valence-electron chi connectivity index (χ3n) is 7.57. The van der Waals surface area contributed by atoms with Gasteiger partial charge in [0.15, 0.2) is 0 Å². The Labute approximate surface area is 279 Å². The average Bonchev–Trinajstić information content (AvgIpc) is 3.50. The van der Waals surface area contributed by atoms with E-state index in [1.54, 1.807) is 30.4 Å². The number of hydrogen-bond acceptors (Lipinski definition) is 8. The van der Waals surface area contributed by atoms with Gasteiger partial charge in [0, 0.05) is 35.6 Å². The summed E-state index contributed by atoms with van der Waals surface area (Å²) in [5, 5.41) is 15.8. The zero-order chi connectivity index (χ0) is 33.7. The van der Waals surface area contributed by atoms with Crippen LogP contribution in [0.25, 0.3) is 16.5 Å². The number of aryl methyl sites for hydroxylation is 1. The van der Waals surface area contributed by atoms with Crippen LogP contribution < -0.4 is 20.7 Å². The van der Waals surface area contributed by atoms with Crippen LogP contribution in [0, 0.1) is 6.92 Å². The number of carbonyl (C=O) groups is 1. The molecule has 11 heteroatoms. The van der Waals surface area contributed by atoms with E-state index in [0.29, 0.717) is 42.1 Å². The van der Waals surface area contributed by atoms with Crippen molar-refractivity contribution < 1.29 is 14.3 Å². The third kappa shape index (κ3) is 7.59. The highest BCUT2D eigenvalue weighted by atomic mass is 16.5. The molecule has 0 aliphatic carbocycles. The van der Waals surface area contributed by atoms with E-state index in [4.69, 9.17) is 14.6 Å². The Morgan fingerprint density at radius 3 is 2.42 bits per heavy atom. The number of pyridine rings is 1. The minimum atomic E-state index is -0.377. The maximum atomic E-state index is 13.4. The Bertz CT molecular complexity index is 2050. The van der Waals surface area contributed by atoms with Gasteiger partial charge in [0.25, 0.3) is 0 Å². The Morgan fingerprint density at radius 1 is 0.833 bits per heavy atom. The fourth-order valence-electron chi connectivity index (χ4n) is 5.14. The summed E-state index contributed by atoms with van der Waals surface area (Å²) in [4.78, 5) is 26.5. The molecule has 0 unspecified atom stereocenters. The van der Waals surface area contributed by atoms with E-state index >= 15 is 0 Å². The molecule has 3 aromatic carbocycles. The Balaban J connectivity index is 1.17. The maximum Gasteiger partial charge on any atom is 0.324 e. The van der Waals surface area contributed by atoms with Gasteiger partial charge in [0.1, 0.15) is 29.8 Å². The quantitative estimate of drug-likeness (QED) is 0.137. The molecule has 0 saturated heterocycles. The van der Waals surface area contributed by atoms with Gasteiger partial charge in [-0.05, 0) is 54.4 Å². The second-order valence-electron chi connectivity index (χ2n) is 12.4. The number of nitrogens with zero attached hydrogens (tertiary/aromatic N) is 5. The molecule has 6 rings (SSSR count). The van der Waals surface area contributed by atoms with E-state index in [0.717, 1.165) is 39.0 Å². The highest BCUT2D eigenvalue weighted by Crippen LogP contribution is 2.33. The number of fused-ring (bicyclic) bond motifs is 1. The van der Waals surface area contributed by atoms with Crippen molar-refractivity contribution in [1.82, 2.24) is 24.7 Å². The predicted molar refractivity (Wildman–Crippen MR) is 188 cm³/mol. The molecule has 48 heavy (non-hydrogen) atoms. The van der Waals surface area contributed by atoms with Crippen molar-refractivity contribution in [2.45, 2.75) is 46.3 Å². The first-order chi connectivity index (χ1) is 23.2. The fraction of sp³-hybridized carbons (Fsp3) is 0.216. The summed E-state index contributed by atoms with van der Waals surface area (Å²) < 4.78 is 13.1.